The predicted octanol–water partition coefficient (Wildman–Crippen LogP) is 2.67. The Labute approximate surface area is 194 Å². The smallest absolute Gasteiger partial charge is 0.261 e. The van der Waals surface area contributed by atoms with Gasteiger partial charge in [0.25, 0.3) is 5.56 Å². The van der Waals surface area contributed by atoms with Crippen molar-refractivity contribution in [2.75, 3.05) is 5.32 Å². The van der Waals surface area contributed by atoms with Gasteiger partial charge in [0.05, 0.1) is 47.5 Å². The van der Waals surface area contributed by atoms with Gasteiger partial charge in [-0.2, -0.15) is 0 Å². The minimum Gasteiger partial charge on any atom is -0.379 e. The number of carbonyl (C=O) groups is 1. The van der Waals surface area contributed by atoms with Gasteiger partial charge in [-0.05, 0) is 42.8 Å². The first-order valence-electron chi connectivity index (χ1n) is 10.7. The first kappa shape index (κ1) is 21.1. The molecule has 170 valence electrons. The summed E-state index contributed by atoms with van der Waals surface area (Å²) in [6, 6.07) is 11.4. The minimum atomic E-state index is -0.256. The number of rotatable bonds is 8. The normalized spacial score (nSPS) is 11.0. The summed E-state index contributed by atoms with van der Waals surface area (Å²) in [7, 11) is 0. The van der Waals surface area contributed by atoms with Gasteiger partial charge in [0, 0.05) is 24.3 Å². The number of imidazole rings is 2. The average molecular weight is 454 g/mol. The van der Waals surface area contributed by atoms with Crippen LogP contribution in [0.1, 0.15) is 17.0 Å². The number of benzene rings is 1. The number of fused-ring (bicyclic) bond motifs is 1. The molecule has 5 aromatic rings. The molecule has 0 saturated carbocycles. The Kier molecular flexibility index (Phi) is 5.61. The molecule has 5 rings (SSSR count). The van der Waals surface area contributed by atoms with Gasteiger partial charge in [0.15, 0.2) is 0 Å². The van der Waals surface area contributed by atoms with Gasteiger partial charge in [-0.15, -0.1) is 0 Å². The third kappa shape index (κ3) is 4.16. The molecule has 1 amide bonds. The Morgan fingerprint density at radius 2 is 1.97 bits per heavy atom. The summed E-state index contributed by atoms with van der Waals surface area (Å²) in [6.07, 6.45) is 7.57. The van der Waals surface area contributed by atoms with Crippen LogP contribution in [0.2, 0.25) is 0 Å². The third-order valence-corrected chi connectivity index (χ3v) is 5.45. The summed E-state index contributed by atoms with van der Waals surface area (Å²) in [6.45, 7) is 2.74. The highest BCUT2D eigenvalue weighted by Crippen LogP contribution is 2.27. The monoisotopic (exact) mass is 454 g/mol. The molecule has 0 aliphatic heterocycles. The number of nitrogens with zero attached hydrogens (tertiary/aromatic N) is 4. The number of amides is 1. The highest BCUT2D eigenvalue weighted by Gasteiger charge is 2.16. The van der Waals surface area contributed by atoms with Crippen LogP contribution in [0.25, 0.3) is 28.1 Å². The number of nitrogens with one attached hydrogen (secondary N) is 4. The Balaban J connectivity index is 1.47. The van der Waals surface area contributed by atoms with E-state index in [-0.39, 0.29) is 5.56 Å². The van der Waals surface area contributed by atoms with Crippen LogP contribution in [0, 0.1) is 6.92 Å². The predicted molar refractivity (Wildman–Crippen MR) is 128 cm³/mol. The van der Waals surface area contributed by atoms with Crippen molar-refractivity contribution < 1.29 is 4.79 Å². The van der Waals surface area contributed by atoms with Crippen molar-refractivity contribution >= 4 is 23.1 Å². The number of pyridine rings is 2. The average Bonchev–Trinajstić information content (AvgIpc) is 3.52. The standard InChI is InChI=1S/C24H22N8O2/c1-15-9-18(32-8-7-25-13-32)10-20-22(15)31-23(30-20)21-19(5-6-27-24(21)34)28-12-17-4-2-3-16(29-17)11-26-14-33/h2-10,13-14H,11-12H2,1H3,(H,26,33)(H,30,31)(H2,27,28,34). The molecule has 1 aromatic carbocycles. The highest BCUT2D eigenvalue weighted by atomic mass is 16.1. The van der Waals surface area contributed by atoms with Gasteiger partial charge in [-0.25, -0.2) is 9.97 Å². The maximum atomic E-state index is 12.8. The fourth-order valence-electron chi connectivity index (χ4n) is 3.87. The second-order valence-corrected chi connectivity index (χ2v) is 7.78. The van der Waals surface area contributed by atoms with Crippen molar-refractivity contribution in [1.82, 2.24) is 34.8 Å². The molecule has 10 heteroatoms. The lowest BCUT2D eigenvalue weighted by Crippen LogP contribution is -2.14. The van der Waals surface area contributed by atoms with Crippen LogP contribution in [0.4, 0.5) is 5.69 Å². The number of carbonyl (C=O) groups excluding carboxylic acids is 1. The second-order valence-electron chi connectivity index (χ2n) is 7.78. The quantitative estimate of drug-likeness (QED) is 0.266. The van der Waals surface area contributed by atoms with Crippen molar-refractivity contribution in [3.8, 4) is 17.1 Å². The van der Waals surface area contributed by atoms with E-state index in [1.54, 1.807) is 24.8 Å². The zero-order valence-electron chi connectivity index (χ0n) is 18.4. The van der Waals surface area contributed by atoms with Crippen LogP contribution in [0.5, 0.6) is 0 Å². The third-order valence-electron chi connectivity index (χ3n) is 5.45. The number of aromatic nitrogens is 6. The van der Waals surface area contributed by atoms with Gasteiger partial charge >= 0.3 is 0 Å². The van der Waals surface area contributed by atoms with E-state index in [1.165, 1.54) is 0 Å². The topological polar surface area (TPSA) is 133 Å². The van der Waals surface area contributed by atoms with Gasteiger partial charge in [-0.1, -0.05) is 6.07 Å². The van der Waals surface area contributed by atoms with E-state index in [0.717, 1.165) is 33.7 Å². The van der Waals surface area contributed by atoms with Crippen LogP contribution in [0.15, 0.2) is 66.1 Å². The largest absolute Gasteiger partial charge is 0.379 e. The van der Waals surface area contributed by atoms with Gasteiger partial charge in [0.2, 0.25) is 6.41 Å². The molecule has 0 aliphatic carbocycles. The van der Waals surface area contributed by atoms with E-state index >= 15 is 0 Å². The van der Waals surface area contributed by atoms with Crippen LogP contribution in [-0.2, 0) is 17.9 Å². The summed E-state index contributed by atoms with van der Waals surface area (Å²) in [5, 5.41) is 5.91. The lowest BCUT2D eigenvalue weighted by molar-refractivity contribution is -0.109. The summed E-state index contributed by atoms with van der Waals surface area (Å²) in [5.74, 6) is 0.474. The summed E-state index contributed by atoms with van der Waals surface area (Å²) >= 11 is 0. The second kappa shape index (κ2) is 9.02. The van der Waals surface area contributed by atoms with Crippen LogP contribution < -0.4 is 16.2 Å². The number of aromatic amines is 2. The van der Waals surface area contributed by atoms with E-state index in [0.29, 0.717) is 36.6 Å². The van der Waals surface area contributed by atoms with Crippen LogP contribution in [-0.4, -0.2) is 35.9 Å². The maximum absolute atomic E-state index is 12.8. The fourth-order valence-corrected chi connectivity index (χ4v) is 3.87. The Morgan fingerprint density at radius 3 is 2.76 bits per heavy atom. The first-order chi connectivity index (χ1) is 16.6. The number of aryl methyl sites for hydroxylation is 1. The van der Waals surface area contributed by atoms with Crippen molar-refractivity contribution in [2.45, 2.75) is 20.0 Å². The number of H-pyrrole nitrogens is 2. The van der Waals surface area contributed by atoms with Crippen molar-refractivity contribution in [1.29, 1.82) is 0 Å². The fraction of sp³-hybridized carbons (Fsp3) is 0.125. The van der Waals surface area contributed by atoms with Crippen molar-refractivity contribution in [2.24, 2.45) is 0 Å². The van der Waals surface area contributed by atoms with E-state index in [4.69, 9.17) is 4.98 Å². The lowest BCUT2D eigenvalue weighted by atomic mass is 10.2. The zero-order valence-corrected chi connectivity index (χ0v) is 18.4. The SMILES string of the molecule is Cc1cc(-n2ccnc2)cc2[nH]c(-c3c(NCc4cccc(CNC=O)n4)cc[nH]c3=O)nc12. The molecular formula is C24H22N8O2. The molecule has 0 atom stereocenters. The van der Waals surface area contributed by atoms with Gasteiger partial charge < -0.3 is 25.2 Å². The maximum Gasteiger partial charge on any atom is 0.261 e. The van der Waals surface area contributed by atoms with E-state index in [9.17, 15) is 9.59 Å². The van der Waals surface area contributed by atoms with Gasteiger partial charge in [-0.3, -0.25) is 14.6 Å². The molecule has 0 aliphatic rings. The summed E-state index contributed by atoms with van der Waals surface area (Å²) in [5.41, 5.74) is 5.88. The lowest BCUT2D eigenvalue weighted by Gasteiger charge is -2.10. The van der Waals surface area contributed by atoms with E-state index in [2.05, 4.69) is 30.6 Å². The molecule has 0 unspecified atom stereocenters. The zero-order chi connectivity index (χ0) is 23.5. The van der Waals surface area contributed by atoms with E-state index < -0.39 is 0 Å². The molecule has 10 nitrogen and oxygen atoms in total. The van der Waals surface area contributed by atoms with Crippen LogP contribution >= 0.6 is 0 Å². The number of hydrogen-bond donors (Lipinski definition) is 4. The molecular weight excluding hydrogens is 432 g/mol. The molecule has 4 N–H and O–H groups in total. The van der Waals surface area contributed by atoms with Crippen molar-refractivity contribution in [3.05, 3.63) is 88.6 Å². The Bertz CT molecular complexity index is 1520. The molecule has 4 aromatic heterocycles. The molecule has 0 bridgehead atoms. The van der Waals surface area contributed by atoms with Crippen LogP contribution in [0.3, 0.4) is 0 Å². The molecule has 4 heterocycles. The highest BCUT2D eigenvalue weighted by molar-refractivity contribution is 5.86. The number of anilines is 1. The molecule has 0 fully saturated rings. The summed E-state index contributed by atoms with van der Waals surface area (Å²) in [4.78, 5) is 42.8. The number of hydrogen-bond acceptors (Lipinski definition) is 6. The minimum absolute atomic E-state index is 0.256. The summed E-state index contributed by atoms with van der Waals surface area (Å²) < 4.78 is 1.92. The Morgan fingerprint density at radius 1 is 1.12 bits per heavy atom. The molecule has 0 saturated heterocycles. The molecule has 0 radical (unpaired) electrons. The van der Waals surface area contributed by atoms with E-state index in [1.807, 2.05) is 48.0 Å². The Hall–Kier alpha value is -4.73. The first-order valence-corrected chi connectivity index (χ1v) is 10.7. The van der Waals surface area contributed by atoms with Gasteiger partial charge in [0.1, 0.15) is 11.4 Å². The van der Waals surface area contributed by atoms with Crippen molar-refractivity contribution in [3.63, 3.8) is 0 Å². The molecule has 34 heavy (non-hydrogen) atoms. The molecule has 0 spiro atoms.